The predicted molar refractivity (Wildman–Crippen MR) is 53.0 cm³/mol. The molecule has 1 N–H and O–H groups in total. The van der Waals surface area contributed by atoms with Gasteiger partial charge in [0, 0.05) is 19.4 Å². The number of hydrogen-bond acceptors (Lipinski definition) is 5. The highest BCUT2D eigenvalue weighted by molar-refractivity contribution is 5.66. The van der Waals surface area contributed by atoms with Gasteiger partial charge in [0.1, 0.15) is 0 Å². The fourth-order valence-corrected chi connectivity index (χ4v) is 1.65. The van der Waals surface area contributed by atoms with E-state index in [9.17, 15) is 4.79 Å². The van der Waals surface area contributed by atoms with Gasteiger partial charge in [-0.15, -0.1) is 10.2 Å². The smallest absolute Gasteiger partial charge is 0.303 e. The number of carboxylic acids is 1. The molecule has 6 heteroatoms. The van der Waals surface area contributed by atoms with Gasteiger partial charge in [0.25, 0.3) is 0 Å². The molecule has 1 aliphatic heterocycles. The molecule has 6 nitrogen and oxygen atoms in total. The van der Waals surface area contributed by atoms with Crippen LogP contribution in [0.15, 0.2) is 4.42 Å². The summed E-state index contributed by atoms with van der Waals surface area (Å²) in [7, 11) is 0. The Labute approximate surface area is 92.6 Å². The van der Waals surface area contributed by atoms with Crippen LogP contribution in [-0.4, -0.2) is 34.5 Å². The quantitative estimate of drug-likeness (QED) is 0.805. The zero-order valence-corrected chi connectivity index (χ0v) is 8.89. The first-order valence-electron chi connectivity index (χ1n) is 5.37. The van der Waals surface area contributed by atoms with E-state index >= 15 is 0 Å². The summed E-state index contributed by atoms with van der Waals surface area (Å²) in [5.41, 5.74) is 0. The molecule has 1 unspecified atom stereocenters. The Morgan fingerprint density at radius 3 is 3.06 bits per heavy atom. The van der Waals surface area contributed by atoms with Gasteiger partial charge in [0.15, 0.2) is 0 Å². The minimum Gasteiger partial charge on any atom is -0.481 e. The molecule has 1 fully saturated rings. The SMILES string of the molecule is O=C(O)CCCc1nnc(C2CCOC2)o1. The number of carbonyl (C=O) groups is 1. The number of hydrogen-bond donors (Lipinski definition) is 1. The van der Waals surface area contributed by atoms with Crippen LogP contribution < -0.4 is 0 Å². The standard InChI is InChI=1S/C10H14N2O4/c13-9(14)3-1-2-8-11-12-10(16-8)7-4-5-15-6-7/h7H,1-6H2,(H,13,14). The number of aryl methyl sites for hydroxylation is 1. The normalized spacial score (nSPS) is 20.1. The van der Waals surface area contributed by atoms with Crippen molar-refractivity contribution in [2.75, 3.05) is 13.2 Å². The summed E-state index contributed by atoms with van der Waals surface area (Å²) in [5, 5.41) is 16.3. The van der Waals surface area contributed by atoms with Crippen LogP contribution in [0.5, 0.6) is 0 Å². The largest absolute Gasteiger partial charge is 0.481 e. The van der Waals surface area contributed by atoms with Crippen molar-refractivity contribution < 1.29 is 19.1 Å². The number of aliphatic carboxylic acids is 1. The summed E-state index contributed by atoms with van der Waals surface area (Å²) in [4.78, 5) is 10.3. The van der Waals surface area contributed by atoms with Gasteiger partial charge in [-0.25, -0.2) is 0 Å². The van der Waals surface area contributed by atoms with Crippen molar-refractivity contribution in [1.29, 1.82) is 0 Å². The maximum atomic E-state index is 10.3. The maximum absolute atomic E-state index is 10.3. The van der Waals surface area contributed by atoms with E-state index in [1.807, 2.05) is 0 Å². The van der Waals surface area contributed by atoms with E-state index in [0.717, 1.165) is 13.0 Å². The molecule has 1 aromatic heterocycles. The van der Waals surface area contributed by atoms with Crippen molar-refractivity contribution in [1.82, 2.24) is 10.2 Å². The van der Waals surface area contributed by atoms with Crippen LogP contribution in [0.1, 0.15) is 37.0 Å². The Morgan fingerprint density at radius 2 is 2.38 bits per heavy atom. The van der Waals surface area contributed by atoms with Gasteiger partial charge in [0.2, 0.25) is 11.8 Å². The summed E-state index contributed by atoms with van der Waals surface area (Å²) in [6.45, 7) is 1.37. The Kier molecular flexibility index (Phi) is 3.51. The van der Waals surface area contributed by atoms with E-state index in [2.05, 4.69) is 10.2 Å². The van der Waals surface area contributed by atoms with Crippen LogP contribution in [0.3, 0.4) is 0 Å². The molecule has 16 heavy (non-hydrogen) atoms. The summed E-state index contributed by atoms with van der Waals surface area (Å²) >= 11 is 0. The lowest BCUT2D eigenvalue weighted by atomic mass is 10.1. The predicted octanol–water partition coefficient (Wildman–Crippen LogP) is 0.981. The van der Waals surface area contributed by atoms with Crippen molar-refractivity contribution in [3.63, 3.8) is 0 Å². The molecule has 88 valence electrons. The molecule has 1 atom stereocenters. The van der Waals surface area contributed by atoms with E-state index in [1.165, 1.54) is 0 Å². The molecular weight excluding hydrogens is 212 g/mol. The van der Waals surface area contributed by atoms with Gasteiger partial charge in [-0.05, 0) is 12.8 Å². The van der Waals surface area contributed by atoms with Crippen molar-refractivity contribution >= 4 is 5.97 Å². The third-order valence-corrected chi connectivity index (χ3v) is 2.54. The molecule has 1 saturated heterocycles. The van der Waals surface area contributed by atoms with Gasteiger partial charge in [-0.2, -0.15) is 0 Å². The highest BCUT2D eigenvalue weighted by atomic mass is 16.5. The zero-order valence-electron chi connectivity index (χ0n) is 8.89. The van der Waals surface area contributed by atoms with E-state index in [4.69, 9.17) is 14.3 Å². The third-order valence-electron chi connectivity index (χ3n) is 2.54. The monoisotopic (exact) mass is 226 g/mol. The Bertz CT molecular complexity index is 357. The first kappa shape index (κ1) is 11.1. The van der Waals surface area contributed by atoms with Crippen LogP contribution in [0.2, 0.25) is 0 Å². The molecule has 0 spiro atoms. The van der Waals surface area contributed by atoms with E-state index in [0.29, 0.717) is 31.2 Å². The lowest BCUT2D eigenvalue weighted by Gasteiger charge is -1.98. The van der Waals surface area contributed by atoms with E-state index in [1.54, 1.807) is 0 Å². The van der Waals surface area contributed by atoms with E-state index < -0.39 is 5.97 Å². The zero-order chi connectivity index (χ0) is 11.4. The molecule has 1 aliphatic rings. The van der Waals surface area contributed by atoms with Gasteiger partial charge < -0.3 is 14.3 Å². The van der Waals surface area contributed by atoms with Gasteiger partial charge in [-0.1, -0.05) is 0 Å². The fourth-order valence-electron chi connectivity index (χ4n) is 1.65. The summed E-state index contributed by atoms with van der Waals surface area (Å²) in [6, 6.07) is 0. The minimum absolute atomic E-state index is 0.129. The molecule has 0 amide bonds. The average Bonchev–Trinajstić information content (AvgIpc) is 2.85. The second-order valence-electron chi connectivity index (χ2n) is 3.84. The van der Waals surface area contributed by atoms with Gasteiger partial charge >= 0.3 is 5.97 Å². The highest BCUT2D eigenvalue weighted by Gasteiger charge is 2.23. The third kappa shape index (κ3) is 2.79. The lowest BCUT2D eigenvalue weighted by Crippen LogP contribution is -1.97. The van der Waals surface area contributed by atoms with Crippen molar-refractivity contribution in [3.05, 3.63) is 11.8 Å². The number of carboxylic acid groups (broad SMARTS) is 1. The molecule has 0 radical (unpaired) electrons. The van der Waals surface area contributed by atoms with E-state index in [-0.39, 0.29) is 12.3 Å². The topological polar surface area (TPSA) is 85.5 Å². The first-order valence-corrected chi connectivity index (χ1v) is 5.37. The van der Waals surface area contributed by atoms with Crippen molar-refractivity contribution in [2.45, 2.75) is 31.6 Å². The highest BCUT2D eigenvalue weighted by Crippen LogP contribution is 2.23. The van der Waals surface area contributed by atoms with Crippen molar-refractivity contribution in [3.8, 4) is 0 Å². The fraction of sp³-hybridized carbons (Fsp3) is 0.700. The molecule has 0 aromatic carbocycles. The van der Waals surface area contributed by atoms with Crippen LogP contribution in [-0.2, 0) is 16.0 Å². The Morgan fingerprint density at radius 1 is 1.50 bits per heavy atom. The molecule has 0 saturated carbocycles. The number of ether oxygens (including phenoxy) is 1. The van der Waals surface area contributed by atoms with Crippen LogP contribution in [0.4, 0.5) is 0 Å². The van der Waals surface area contributed by atoms with Crippen molar-refractivity contribution in [2.24, 2.45) is 0 Å². The summed E-state index contributed by atoms with van der Waals surface area (Å²) in [6.07, 6.45) is 2.09. The molecule has 2 rings (SSSR count). The molecular formula is C10H14N2O4. The maximum Gasteiger partial charge on any atom is 0.303 e. The molecule has 2 heterocycles. The second-order valence-corrected chi connectivity index (χ2v) is 3.84. The summed E-state index contributed by atoms with van der Waals surface area (Å²) in [5.74, 6) is 0.538. The second kappa shape index (κ2) is 5.07. The molecule has 0 aliphatic carbocycles. The summed E-state index contributed by atoms with van der Waals surface area (Å²) < 4.78 is 10.7. The molecule has 1 aromatic rings. The van der Waals surface area contributed by atoms with Gasteiger partial charge in [0.05, 0.1) is 12.5 Å². The van der Waals surface area contributed by atoms with Crippen LogP contribution >= 0.6 is 0 Å². The number of rotatable bonds is 5. The first-order chi connectivity index (χ1) is 7.75. The van der Waals surface area contributed by atoms with Crippen LogP contribution in [0.25, 0.3) is 0 Å². The molecule has 0 bridgehead atoms. The minimum atomic E-state index is -0.802. The average molecular weight is 226 g/mol. The Balaban J connectivity index is 1.84. The Hall–Kier alpha value is -1.43. The number of nitrogens with zero attached hydrogens (tertiary/aromatic N) is 2. The van der Waals surface area contributed by atoms with Gasteiger partial charge in [-0.3, -0.25) is 4.79 Å². The lowest BCUT2D eigenvalue weighted by molar-refractivity contribution is -0.137. The van der Waals surface area contributed by atoms with Crippen LogP contribution in [0, 0.1) is 0 Å². The number of aromatic nitrogens is 2.